The van der Waals surface area contributed by atoms with Gasteiger partial charge in [-0.1, -0.05) is 42.5 Å². The number of rotatable bonds is 10. The Balaban J connectivity index is 1.64. The zero-order chi connectivity index (χ0) is 24.3. The Labute approximate surface area is 203 Å². The SMILES string of the molecule is C=CCOc1ccc(/C=C(\C#N)C(=O)Nc2ccc(OCc3ccc(Cl)cc3)cc2)cc1OC. The third-order valence-corrected chi connectivity index (χ3v) is 4.90. The minimum absolute atomic E-state index is 0.0510. The van der Waals surface area contributed by atoms with Crippen molar-refractivity contribution in [3.8, 4) is 23.3 Å². The van der Waals surface area contributed by atoms with Gasteiger partial charge in [0.1, 0.15) is 30.6 Å². The number of carbonyl (C=O) groups excluding carboxylic acids is 1. The Bertz CT molecular complexity index is 1210. The number of hydrogen-bond donors (Lipinski definition) is 1. The number of amides is 1. The summed E-state index contributed by atoms with van der Waals surface area (Å²) in [5.41, 5.74) is 2.10. The van der Waals surface area contributed by atoms with E-state index in [4.69, 9.17) is 25.8 Å². The van der Waals surface area contributed by atoms with Crippen LogP contribution in [0.5, 0.6) is 17.2 Å². The van der Waals surface area contributed by atoms with Crippen LogP contribution in [-0.2, 0) is 11.4 Å². The molecule has 0 aromatic heterocycles. The first-order valence-corrected chi connectivity index (χ1v) is 10.7. The highest BCUT2D eigenvalue weighted by molar-refractivity contribution is 6.30. The number of hydrogen-bond acceptors (Lipinski definition) is 5. The first-order chi connectivity index (χ1) is 16.5. The summed E-state index contributed by atoms with van der Waals surface area (Å²) in [7, 11) is 1.52. The summed E-state index contributed by atoms with van der Waals surface area (Å²) >= 11 is 5.89. The largest absolute Gasteiger partial charge is 0.493 e. The van der Waals surface area contributed by atoms with Crippen molar-refractivity contribution in [2.75, 3.05) is 19.0 Å². The lowest BCUT2D eigenvalue weighted by Gasteiger charge is -2.10. The zero-order valence-corrected chi connectivity index (χ0v) is 19.3. The maximum absolute atomic E-state index is 12.6. The second-order valence-corrected chi connectivity index (χ2v) is 7.51. The van der Waals surface area contributed by atoms with Crippen molar-refractivity contribution >= 4 is 29.3 Å². The van der Waals surface area contributed by atoms with Crippen LogP contribution in [0.2, 0.25) is 5.02 Å². The summed E-state index contributed by atoms with van der Waals surface area (Å²) in [4.78, 5) is 12.6. The highest BCUT2D eigenvalue weighted by Crippen LogP contribution is 2.29. The first-order valence-electron chi connectivity index (χ1n) is 10.3. The quantitative estimate of drug-likeness (QED) is 0.220. The first kappa shape index (κ1) is 24.4. The molecule has 3 rings (SSSR count). The molecule has 0 heterocycles. The predicted molar refractivity (Wildman–Crippen MR) is 133 cm³/mol. The van der Waals surface area contributed by atoms with Gasteiger partial charge in [0.2, 0.25) is 0 Å². The van der Waals surface area contributed by atoms with E-state index in [1.165, 1.54) is 13.2 Å². The minimum Gasteiger partial charge on any atom is -0.493 e. The molecule has 0 saturated heterocycles. The number of benzene rings is 3. The van der Waals surface area contributed by atoms with E-state index in [-0.39, 0.29) is 5.57 Å². The van der Waals surface area contributed by atoms with Crippen molar-refractivity contribution < 1.29 is 19.0 Å². The highest BCUT2D eigenvalue weighted by Gasteiger charge is 2.11. The second-order valence-electron chi connectivity index (χ2n) is 7.07. The van der Waals surface area contributed by atoms with E-state index in [0.717, 1.165) is 5.56 Å². The fourth-order valence-electron chi connectivity index (χ4n) is 2.94. The molecule has 0 fully saturated rings. The fraction of sp³-hybridized carbons (Fsp3) is 0.111. The Morgan fingerprint density at radius 2 is 1.79 bits per heavy atom. The van der Waals surface area contributed by atoms with Gasteiger partial charge in [-0.05, 0) is 65.7 Å². The van der Waals surface area contributed by atoms with E-state index in [0.29, 0.717) is 46.7 Å². The molecule has 0 spiro atoms. The highest BCUT2D eigenvalue weighted by atomic mass is 35.5. The monoisotopic (exact) mass is 474 g/mol. The van der Waals surface area contributed by atoms with Crippen LogP contribution in [0.1, 0.15) is 11.1 Å². The molecule has 0 saturated carbocycles. The molecule has 0 bridgehead atoms. The molecule has 1 N–H and O–H groups in total. The maximum Gasteiger partial charge on any atom is 0.266 e. The lowest BCUT2D eigenvalue weighted by Crippen LogP contribution is -2.13. The molecule has 34 heavy (non-hydrogen) atoms. The van der Waals surface area contributed by atoms with Crippen LogP contribution in [0.25, 0.3) is 6.08 Å². The van der Waals surface area contributed by atoms with Crippen LogP contribution < -0.4 is 19.5 Å². The second kappa shape index (κ2) is 12.1. The molecule has 7 heteroatoms. The van der Waals surface area contributed by atoms with Crippen molar-refractivity contribution in [3.63, 3.8) is 0 Å². The predicted octanol–water partition coefficient (Wildman–Crippen LogP) is 6.04. The van der Waals surface area contributed by atoms with Gasteiger partial charge in [-0.3, -0.25) is 4.79 Å². The van der Waals surface area contributed by atoms with Crippen LogP contribution >= 0.6 is 11.6 Å². The molecule has 3 aromatic carbocycles. The maximum atomic E-state index is 12.6. The molecule has 3 aromatic rings. The average Bonchev–Trinajstić information content (AvgIpc) is 2.86. The van der Waals surface area contributed by atoms with Crippen molar-refractivity contribution in [3.05, 3.63) is 101 Å². The van der Waals surface area contributed by atoms with E-state index >= 15 is 0 Å². The van der Waals surface area contributed by atoms with Gasteiger partial charge in [0.05, 0.1) is 7.11 Å². The lowest BCUT2D eigenvalue weighted by atomic mass is 10.1. The summed E-state index contributed by atoms with van der Waals surface area (Å²) in [6.45, 7) is 4.34. The Morgan fingerprint density at radius 1 is 1.06 bits per heavy atom. The van der Waals surface area contributed by atoms with Crippen molar-refractivity contribution in [1.29, 1.82) is 5.26 Å². The number of halogens is 1. The van der Waals surface area contributed by atoms with Crippen LogP contribution in [-0.4, -0.2) is 19.6 Å². The summed E-state index contributed by atoms with van der Waals surface area (Å²) in [5.74, 6) is 1.15. The van der Waals surface area contributed by atoms with Gasteiger partial charge < -0.3 is 19.5 Å². The number of ether oxygens (including phenoxy) is 3. The van der Waals surface area contributed by atoms with Gasteiger partial charge >= 0.3 is 0 Å². The normalized spacial score (nSPS) is 10.7. The van der Waals surface area contributed by atoms with E-state index in [1.807, 2.05) is 18.2 Å². The molecule has 0 aliphatic carbocycles. The van der Waals surface area contributed by atoms with Crippen molar-refractivity contribution in [2.24, 2.45) is 0 Å². The summed E-state index contributed by atoms with van der Waals surface area (Å²) < 4.78 is 16.6. The molecule has 0 aliphatic heterocycles. The van der Waals surface area contributed by atoms with E-state index in [2.05, 4.69) is 11.9 Å². The fourth-order valence-corrected chi connectivity index (χ4v) is 3.06. The number of nitrogens with one attached hydrogen (secondary N) is 1. The standard InChI is InChI=1S/C27H23ClN2O4/c1-3-14-33-25-13-6-20(16-26(25)32-2)15-21(17-29)27(31)30-23-9-11-24(12-10-23)34-18-19-4-7-22(28)8-5-19/h3-13,15-16H,1,14,18H2,2H3,(H,30,31)/b21-15+. The molecular weight excluding hydrogens is 452 g/mol. The topological polar surface area (TPSA) is 80.6 Å². The number of methoxy groups -OCH3 is 1. The number of nitrogens with zero attached hydrogens (tertiary/aromatic N) is 1. The van der Waals surface area contributed by atoms with Crippen LogP contribution in [0.3, 0.4) is 0 Å². The zero-order valence-electron chi connectivity index (χ0n) is 18.6. The number of carbonyl (C=O) groups is 1. The number of nitriles is 1. The van der Waals surface area contributed by atoms with Gasteiger partial charge in [-0.15, -0.1) is 0 Å². The molecule has 6 nitrogen and oxygen atoms in total. The smallest absolute Gasteiger partial charge is 0.266 e. The molecule has 172 valence electrons. The molecule has 0 atom stereocenters. The molecule has 0 unspecified atom stereocenters. The Morgan fingerprint density at radius 3 is 2.44 bits per heavy atom. The molecule has 0 radical (unpaired) electrons. The summed E-state index contributed by atoms with van der Waals surface area (Å²) in [6.07, 6.45) is 3.11. The molecular formula is C27H23ClN2O4. The molecule has 1 amide bonds. The van der Waals surface area contributed by atoms with Gasteiger partial charge in [-0.25, -0.2) is 0 Å². The van der Waals surface area contributed by atoms with Crippen LogP contribution in [0, 0.1) is 11.3 Å². The third kappa shape index (κ3) is 6.89. The van der Waals surface area contributed by atoms with Crippen molar-refractivity contribution in [1.82, 2.24) is 0 Å². The van der Waals surface area contributed by atoms with Gasteiger partial charge in [0, 0.05) is 10.7 Å². The number of anilines is 1. The van der Waals surface area contributed by atoms with Gasteiger partial charge in [-0.2, -0.15) is 5.26 Å². The van der Waals surface area contributed by atoms with Gasteiger partial charge in [0.25, 0.3) is 5.91 Å². The average molecular weight is 475 g/mol. The van der Waals surface area contributed by atoms with Gasteiger partial charge in [0.15, 0.2) is 11.5 Å². The minimum atomic E-state index is -0.525. The van der Waals surface area contributed by atoms with Crippen molar-refractivity contribution in [2.45, 2.75) is 6.61 Å². The lowest BCUT2D eigenvalue weighted by molar-refractivity contribution is -0.112. The van der Waals surface area contributed by atoms with Crippen LogP contribution in [0.15, 0.2) is 85.0 Å². The van der Waals surface area contributed by atoms with Crippen LogP contribution in [0.4, 0.5) is 5.69 Å². The van der Waals surface area contributed by atoms with E-state index in [9.17, 15) is 10.1 Å². The third-order valence-electron chi connectivity index (χ3n) is 4.65. The van der Waals surface area contributed by atoms with E-state index < -0.39 is 5.91 Å². The summed E-state index contributed by atoms with van der Waals surface area (Å²) in [5, 5.41) is 12.9. The molecule has 0 aliphatic rings. The van der Waals surface area contributed by atoms with E-state index in [1.54, 1.807) is 60.7 Å². The Kier molecular flexibility index (Phi) is 8.73. The Hall–Kier alpha value is -4.21. The summed E-state index contributed by atoms with van der Waals surface area (Å²) in [6, 6.07) is 21.4.